The van der Waals surface area contributed by atoms with Crippen molar-refractivity contribution in [1.82, 2.24) is 0 Å². The van der Waals surface area contributed by atoms with E-state index in [0.717, 1.165) is 5.56 Å². The van der Waals surface area contributed by atoms with Gasteiger partial charge in [0.15, 0.2) is 5.78 Å². The molecule has 0 atom stereocenters. The first kappa shape index (κ1) is 13.8. The lowest BCUT2D eigenvalue weighted by Crippen LogP contribution is -2.39. The lowest BCUT2D eigenvalue weighted by atomic mass is 9.87. The number of hydrogen-bond donors (Lipinski definition) is 0. The van der Waals surface area contributed by atoms with Gasteiger partial charge in [0, 0.05) is 12.7 Å². The van der Waals surface area contributed by atoms with Gasteiger partial charge in [0.05, 0.1) is 0 Å². The van der Waals surface area contributed by atoms with Crippen molar-refractivity contribution in [2.24, 2.45) is 0 Å². The van der Waals surface area contributed by atoms with Gasteiger partial charge in [-0.3, -0.25) is 4.79 Å². The van der Waals surface area contributed by atoms with Crippen LogP contribution in [0.4, 0.5) is 4.39 Å². The van der Waals surface area contributed by atoms with Crippen molar-refractivity contribution in [3.05, 3.63) is 35.1 Å². The fraction of sp³-hybridized carbons (Fsp3) is 0.500. The third-order valence-electron chi connectivity index (χ3n) is 3.25. The summed E-state index contributed by atoms with van der Waals surface area (Å²) in [4.78, 5) is 12.4. The predicted octanol–water partition coefficient (Wildman–Crippen LogP) is 3.52. The number of aryl methyl sites for hydroxylation is 1. The lowest BCUT2D eigenvalue weighted by molar-refractivity contribution is -0.00264. The number of Topliss-reactive ketones (excluding diaryl/α,β-unsaturated/α-hetero) is 1. The molecule has 0 aromatic heterocycles. The highest BCUT2D eigenvalue weighted by Crippen LogP contribution is 2.25. The van der Waals surface area contributed by atoms with Crippen molar-refractivity contribution >= 4 is 5.78 Å². The van der Waals surface area contributed by atoms with Crippen LogP contribution in [0, 0.1) is 12.7 Å². The molecule has 0 aliphatic heterocycles. The molecule has 0 N–H and O–H groups in total. The van der Waals surface area contributed by atoms with Crippen LogP contribution < -0.4 is 0 Å². The van der Waals surface area contributed by atoms with Gasteiger partial charge in [-0.25, -0.2) is 4.39 Å². The molecule has 0 heterocycles. The molecule has 0 radical (unpaired) electrons. The Morgan fingerprint density at radius 1 is 1.29 bits per heavy atom. The topological polar surface area (TPSA) is 26.3 Å². The number of methoxy groups -OCH3 is 1. The van der Waals surface area contributed by atoms with Crippen molar-refractivity contribution in [2.45, 2.75) is 39.2 Å². The van der Waals surface area contributed by atoms with Gasteiger partial charge in [-0.15, -0.1) is 0 Å². The molecule has 0 fully saturated rings. The Morgan fingerprint density at radius 3 is 2.29 bits per heavy atom. The molecule has 0 saturated carbocycles. The molecule has 1 aromatic rings. The molecule has 17 heavy (non-hydrogen) atoms. The number of benzene rings is 1. The largest absolute Gasteiger partial charge is 0.370 e. The Bertz CT molecular complexity index is 380. The van der Waals surface area contributed by atoms with E-state index in [0.29, 0.717) is 18.4 Å². The summed E-state index contributed by atoms with van der Waals surface area (Å²) in [7, 11) is 1.52. The Labute approximate surface area is 102 Å². The highest BCUT2D eigenvalue weighted by atomic mass is 19.1. The minimum absolute atomic E-state index is 0.146. The number of rotatable bonds is 5. The predicted molar refractivity (Wildman–Crippen MR) is 65.8 cm³/mol. The summed E-state index contributed by atoms with van der Waals surface area (Å²) in [6.45, 7) is 5.57. The van der Waals surface area contributed by atoms with Crippen LogP contribution in [-0.4, -0.2) is 18.5 Å². The van der Waals surface area contributed by atoms with E-state index in [4.69, 9.17) is 4.74 Å². The molecule has 3 heteroatoms. The summed E-state index contributed by atoms with van der Waals surface area (Å²) >= 11 is 0. The van der Waals surface area contributed by atoms with Crippen molar-refractivity contribution < 1.29 is 13.9 Å². The third kappa shape index (κ3) is 2.72. The first-order valence-corrected chi connectivity index (χ1v) is 5.86. The van der Waals surface area contributed by atoms with E-state index in [-0.39, 0.29) is 11.6 Å². The zero-order chi connectivity index (χ0) is 13.1. The van der Waals surface area contributed by atoms with Crippen molar-refractivity contribution in [2.75, 3.05) is 7.11 Å². The Kier molecular flexibility index (Phi) is 4.40. The fourth-order valence-electron chi connectivity index (χ4n) is 2.08. The SMILES string of the molecule is CCC(CC)(OC)C(=O)c1cc(C)cc(F)c1. The number of hydrogen-bond acceptors (Lipinski definition) is 2. The van der Waals surface area contributed by atoms with Crippen LogP contribution in [0.3, 0.4) is 0 Å². The van der Waals surface area contributed by atoms with E-state index in [1.807, 2.05) is 13.8 Å². The van der Waals surface area contributed by atoms with Gasteiger partial charge in [0.1, 0.15) is 11.4 Å². The summed E-state index contributed by atoms with van der Waals surface area (Å²) in [6.07, 6.45) is 1.16. The first-order chi connectivity index (χ1) is 7.99. The van der Waals surface area contributed by atoms with Gasteiger partial charge in [-0.1, -0.05) is 13.8 Å². The van der Waals surface area contributed by atoms with Gasteiger partial charge in [0.2, 0.25) is 0 Å². The molecule has 0 spiro atoms. The van der Waals surface area contributed by atoms with E-state index in [9.17, 15) is 9.18 Å². The Morgan fingerprint density at radius 2 is 1.88 bits per heavy atom. The zero-order valence-corrected chi connectivity index (χ0v) is 10.8. The second-order valence-electron chi connectivity index (χ2n) is 4.25. The third-order valence-corrected chi connectivity index (χ3v) is 3.25. The fourth-order valence-corrected chi connectivity index (χ4v) is 2.08. The van der Waals surface area contributed by atoms with E-state index in [2.05, 4.69) is 0 Å². The monoisotopic (exact) mass is 238 g/mol. The number of ketones is 1. The first-order valence-electron chi connectivity index (χ1n) is 5.86. The van der Waals surface area contributed by atoms with Gasteiger partial charge in [0.25, 0.3) is 0 Å². The average Bonchev–Trinajstić information content (AvgIpc) is 2.30. The summed E-state index contributed by atoms with van der Waals surface area (Å²) < 4.78 is 18.7. The van der Waals surface area contributed by atoms with Crippen LogP contribution in [0.25, 0.3) is 0 Å². The van der Waals surface area contributed by atoms with Crippen LogP contribution in [0.1, 0.15) is 42.6 Å². The standard InChI is InChI=1S/C14H19FO2/c1-5-14(6-2,17-4)13(16)11-7-10(3)8-12(15)9-11/h7-9H,5-6H2,1-4H3. The molecule has 0 aliphatic rings. The van der Waals surface area contributed by atoms with Crippen LogP contribution >= 0.6 is 0 Å². The van der Waals surface area contributed by atoms with Crippen LogP contribution in [0.2, 0.25) is 0 Å². The van der Waals surface area contributed by atoms with Crippen molar-refractivity contribution in [3.63, 3.8) is 0 Å². The molecule has 0 unspecified atom stereocenters. The highest BCUT2D eigenvalue weighted by molar-refractivity contribution is 6.02. The highest BCUT2D eigenvalue weighted by Gasteiger charge is 2.35. The summed E-state index contributed by atoms with van der Waals surface area (Å²) in [5.74, 6) is -0.529. The zero-order valence-electron chi connectivity index (χ0n) is 10.8. The van der Waals surface area contributed by atoms with Crippen LogP contribution in [0.5, 0.6) is 0 Å². The molecule has 0 aliphatic carbocycles. The molecule has 0 bridgehead atoms. The van der Waals surface area contributed by atoms with Gasteiger partial charge in [-0.05, 0) is 43.5 Å². The molecule has 0 amide bonds. The maximum atomic E-state index is 13.3. The van der Waals surface area contributed by atoms with Crippen molar-refractivity contribution in [3.8, 4) is 0 Å². The summed E-state index contributed by atoms with van der Waals surface area (Å²) in [5, 5.41) is 0. The van der Waals surface area contributed by atoms with Gasteiger partial charge in [-0.2, -0.15) is 0 Å². The van der Waals surface area contributed by atoms with Gasteiger partial charge < -0.3 is 4.74 Å². The van der Waals surface area contributed by atoms with E-state index in [1.54, 1.807) is 13.0 Å². The quantitative estimate of drug-likeness (QED) is 0.734. The number of carbonyl (C=O) groups is 1. The minimum atomic E-state index is -0.833. The normalized spacial score (nSPS) is 11.6. The maximum absolute atomic E-state index is 13.3. The van der Waals surface area contributed by atoms with Crippen LogP contribution in [-0.2, 0) is 4.74 Å². The Balaban J connectivity index is 3.18. The number of ether oxygens (including phenoxy) is 1. The maximum Gasteiger partial charge on any atom is 0.194 e. The summed E-state index contributed by atoms with van der Waals surface area (Å²) in [5.41, 5.74) is 0.291. The molecule has 1 aromatic carbocycles. The number of halogens is 1. The second kappa shape index (κ2) is 5.41. The molecular formula is C14H19FO2. The smallest absolute Gasteiger partial charge is 0.194 e. The second-order valence-corrected chi connectivity index (χ2v) is 4.25. The molecule has 94 valence electrons. The lowest BCUT2D eigenvalue weighted by Gasteiger charge is -2.28. The Hall–Kier alpha value is -1.22. The molecule has 2 nitrogen and oxygen atoms in total. The van der Waals surface area contributed by atoms with E-state index >= 15 is 0 Å². The molecule has 0 saturated heterocycles. The van der Waals surface area contributed by atoms with Crippen molar-refractivity contribution in [1.29, 1.82) is 0 Å². The minimum Gasteiger partial charge on any atom is -0.370 e. The van der Waals surface area contributed by atoms with Crippen LogP contribution in [0.15, 0.2) is 18.2 Å². The van der Waals surface area contributed by atoms with E-state index in [1.165, 1.54) is 19.2 Å². The van der Waals surface area contributed by atoms with Gasteiger partial charge >= 0.3 is 0 Å². The molecular weight excluding hydrogens is 219 g/mol. The summed E-state index contributed by atoms with van der Waals surface area (Å²) in [6, 6.07) is 4.38. The van der Waals surface area contributed by atoms with E-state index < -0.39 is 5.60 Å². The number of carbonyl (C=O) groups excluding carboxylic acids is 1. The molecule has 1 rings (SSSR count). The average molecular weight is 238 g/mol.